The van der Waals surface area contributed by atoms with E-state index in [0.29, 0.717) is 56.5 Å². The van der Waals surface area contributed by atoms with E-state index >= 15 is 0 Å². The number of pyridine rings is 1. The molecule has 3 heterocycles. The molecule has 0 spiro atoms. The number of carbonyl (C=O) groups is 1. The number of alkyl halides is 3. The molecule has 1 aromatic heterocycles. The highest BCUT2D eigenvalue weighted by molar-refractivity contribution is 5.76. The van der Waals surface area contributed by atoms with Crippen molar-refractivity contribution in [1.29, 1.82) is 0 Å². The molecule has 28 heavy (non-hydrogen) atoms. The Hall–Kier alpha value is -1.86. The second-order valence-corrected chi connectivity index (χ2v) is 8.41. The first-order valence-corrected chi connectivity index (χ1v) is 10.1. The van der Waals surface area contributed by atoms with Gasteiger partial charge >= 0.3 is 6.18 Å². The fourth-order valence-electron chi connectivity index (χ4n) is 4.98. The van der Waals surface area contributed by atoms with Gasteiger partial charge in [-0.15, -0.1) is 0 Å². The van der Waals surface area contributed by atoms with Crippen molar-refractivity contribution in [3.05, 3.63) is 23.6 Å². The van der Waals surface area contributed by atoms with Crippen LogP contribution in [0.2, 0.25) is 0 Å². The van der Waals surface area contributed by atoms with Gasteiger partial charge in [0.15, 0.2) is 11.6 Å². The molecule has 3 aliphatic rings. The molecule has 0 N–H and O–H groups in total. The summed E-state index contributed by atoms with van der Waals surface area (Å²) in [5.74, 6) is 0.825. The number of halogens is 4. The fraction of sp³-hybridized carbons (Fsp3) is 0.700. The van der Waals surface area contributed by atoms with Crippen LogP contribution in [0.25, 0.3) is 0 Å². The molecule has 1 amide bonds. The van der Waals surface area contributed by atoms with E-state index in [1.54, 1.807) is 4.90 Å². The maximum atomic E-state index is 14.1. The number of aromatic nitrogens is 1. The minimum Gasteiger partial charge on any atom is -0.354 e. The lowest BCUT2D eigenvalue weighted by Crippen LogP contribution is -2.37. The number of rotatable bonds is 3. The second kappa shape index (κ2) is 7.52. The summed E-state index contributed by atoms with van der Waals surface area (Å²) < 4.78 is 52.1. The van der Waals surface area contributed by atoms with Crippen LogP contribution >= 0.6 is 0 Å². The zero-order valence-electron chi connectivity index (χ0n) is 15.7. The SMILES string of the molecule is O=C(CC1CCN(c2ncc(C(F)(F)F)cc2F)CC1)N1CC2CCCC2C1. The fourth-order valence-corrected chi connectivity index (χ4v) is 4.98. The summed E-state index contributed by atoms with van der Waals surface area (Å²) in [5.41, 5.74) is -1.08. The van der Waals surface area contributed by atoms with Crippen molar-refractivity contribution in [2.24, 2.45) is 17.8 Å². The van der Waals surface area contributed by atoms with Gasteiger partial charge in [0.2, 0.25) is 5.91 Å². The standard InChI is InChI=1S/C20H25F4N3O/c21-17-9-16(20(22,23)24)10-25-19(17)26-6-4-13(5-7-26)8-18(28)27-11-14-2-1-3-15(14)12-27/h9-10,13-15H,1-8,11-12H2. The van der Waals surface area contributed by atoms with E-state index in [9.17, 15) is 22.4 Å². The van der Waals surface area contributed by atoms with Crippen molar-refractivity contribution >= 4 is 11.7 Å². The molecule has 0 radical (unpaired) electrons. The highest BCUT2D eigenvalue weighted by Crippen LogP contribution is 2.38. The van der Waals surface area contributed by atoms with E-state index in [2.05, 4.69) is 4.98 Å². The van der Waals surface area contributed by atoms with Gasteiger partial charge in [-0.3, -0.25) is 4.79 Å². The molecule has 1 aromatic rings. The molecule has 4 rings (SSSR count). The van der Waals surface area contributed by atoms with Gasteiger partial charge < -0.3 is 9.80 Å². The summed E-state index contributed by atoms with van der Waals surface area (Å²) in [5, 5.41) is 0. The van der Waals surface area contributed by atoms with Gasteiger partial charge in [-0.05, 0) is 49.5 Å². The van der Waals surface area contributed by atoms with E-state index in [0.717, 1.165) is 13.1 Å². The third-order valence-electron chi connectivity index (χ3n) is 6.61. The van der Waals surface area contributed by atoms with E-state index < -0.39 is 17.6 Å². The van der Waals surface area contributed by atoms with E-state index in [1.165, 1.54) is 19.3 Å². The first kappa shape index (κ1) is 19.5. The molecule has 4 nitrogen and oxygen atoms in total. The maximum absolute atomic E-state index is 14.1. The van der Waals surface area contributed by atoms with Gasteiger partial charge in [0, 0.05) is 38.8 Å². The molecule has 2 saturated heterocycles. The Morgan fingerprint density at radius 2 is 1.75 bits per heavy atom. The summed E-state index contributed by atoms with van der Waals surface area (Å²) in [6.07, 6.45) is 1.77. The van der Waals surface area contributed by atoms with Crippen LogP contribution in [0.4, 0.5) is 23.4 Å². The van der Waals surface area contributed by atoms with Crippen LogP contribution in [-0.4, -0.2) is 42.0 Å². The number of carbonyl (C=O) groups excluding carboxylic acids is 1. The predicted octanol–water partition coefficient (Wildman–Crippen LogP) is 4.10. The zero-order chi connectivity index (χ0) is 19.9. The van der Waals surface area contributed by atoms with Crippen molar-refractivity contribution in [3.63, 3.8) is 0 Å². The summed E-state index contributed by atoms with van der Waals surface area (Å²) in [6.45, 7) is 2.78. The third kappa shape index (κ3) is 3.96. The lowest BCUT2D eigenvalue weighted by molar-refractivity contribution is -0.138. The molecule has 2 aliphatic heterocycles. The molecule has 1 saturated carbocycles. The van der Waals surface area contributed by atoms with E-state index in [1.807, 2.05) is 4.90 Å². The summed E-state index contributed by atoms with van der Waals surface area (Å²) >= 11 is 0. The van der Waals surface area contributed by atoms with Gasteiger partial charge in [0.05, 0.1) is 5.56 Å². The number of nitrogens with zero attached hydrogens (tertiary/aromatic N) is 3. The van der Waals surface area contributed by atoms with Gasteiger partial charge in [0.25, 0.3) is 0 Å². The Kier molecular flexibility index (Phi) is 5.22. The van der Waals surface area contributed by atoms with Crippen LogP contribution in [0.15, 0.2) is 12.3 Å². The average Bonchev–Trinajstić information content (AvgIpc) is 3.24. The van der Waals surface area contributed by atoms with Crippen LogP contribution in [-0.2, 0) is 11.0 Å². The van der Waals surface area contributed by atoms with E-state index in [4.69, 9.17) is 0 Å². The molecule has 2 atom stereocenters. The monoisotopic (exact) mass is 399 g/mol. The number of likely N-dealkylation sites (tertiary alicyclic amines) is 1. The number of hydrogen-bond donors (Lipinski definition) is 0. The Morgan fingerprint density at radius 1 is 1.11 bits per heavy atom. The molecular weight excluding hydrogens is 374 g/mol. The van der Waals surface area contributed by atoms with Crippen LogP contribution in [0.5, 0.6) is 0 Å². The topological polar surface area (TPSA) is 36.4 Å². The second-order valence-electron chi connectivity index (χ2n) is 8.41. The average molecular weight is 399 g/mol. The molecule has 2 unspecified atom stereocenters. The minimum absolute atomic E-state index is 0.0369. The van der Waals surface area contributed by atoms with Crippen LogP contribution in [0, 0.1) is 23.6 Å². The van der Waals surface area contributed by atoms with Crippen molar-refractivity contribution in [1.82, 2.24) is 9.88 Å². The van der Waals surface area contributed by atoms with E-state index in [-0.39, 0.29) is 17.6 Å². The van der Waals surface area contributed by atoms with Crippen molar-refractivity contribution in [2.45, 2.75) is 44.7 Å². The van der Waals surface area contributed by atoms with Crippen molar-refractivity contribution in [2.75, 3.05) is 31.1 Å². The summed E-state index contributed by atoms with van der Waals surface area (Å²) in [6, 6.07) is 0.502. The number of amides is 1. The van der Waals surface area contributed by atoms with Gasteiger partial charge in [-0.25, -0.2) is 9.37 Å². The number of piperidine rings is 1. The zero-order valence-corrected chi connectivity index (χ0v) is 15.7. The third-order valence-corrected chi connectivity index (χ3v) is 6.61. The quantitative estimate of drug-likeness (QED) is 0.718. The normalized spacial score (nSPS) is 26.0. The Morgan fingerprint density at radius 3 is 2.32 bits per heavy atom. The van der Waals surface area contributed by atoms with Crippen molar-refractivity contribution < 1.29 is 22.4 Å². The number of fused-ring (bicyclic) bond motifs is 1. The number of hydrogen-bond acceptors (Lipinski definition) is 3. The molecule has 0 aromatic carbocycles. The van der Waals surface area contributed by atoms with Crippen LogP contribution < -0.4 is 4.90 Å². The highest BCUT2D eigenvalue weighted by atomic mass is 19.4. The predicted molar refractivity (Wildman–Crippen MR) is 96.2 cm³/mol. The highest BCUT2D eigenvalue weighted by Gasteiger charge is 2.38. The first-order chi connectivity index (χ1) is 13.3. The summed E-state index contributed by atoms with van der Waals surface area (Å²) in [7, 11) is 0. The molecule has 8 heteroatoms. The Bertz CT molecular complexity index is 719. The molecule has 1 aliphatic carbocycles. The van der Waals surface area contributed by atoms with Crippen molar-refractivity contribution in [3.8, 4) is 0 Å². The molecule has 154 valence electrons. The molecule has 3 fully saturated rings. The summed E-state index contributed by atoms with van der Waals surface area (Å²) in [4.78, 5) is 20.0. The first-order valence-electron chi connectivity index (χ1n) is 10.1. The van der Waals surface area contributed by atoms with Crippen LogP contribution in [0.1, 0.15) is 44.1 Å². The maximum Gasteiger partial charge on any atom is 0.417 e. The Balaban J connectivity index is 1.29. The lowest BCUT2D eigenvalue weighted by Gasteiger charge is -2.33. The van der Waals surface area contributed by atoms with Crippen LogP contribution in [0.3, 0.4) is 0 Å². The largest absolute Gasteiger partial charge is 0.417 e. The van der Waals surface area contributed by atoms with Gasteiger partial charge in [0.1, 0.15) is 0 Å². The Labute approximate surface area is 161 Å². The van der Waals surface area contributed by atoms with Gasteiger partial charge in [-0.2, -0.15) is 13.2 Å². The lowest BCUT2D eigenvalue weighted by atomic mass is 9.93. The number of anilines is 1. The smallest absolute Gasteiger partial charge is 0.354 e. The minimum atomic E-state index is -4.60. The van der Waals surface area contributed by atoms with Gasteiger partial charge in [-0.1, -0.05) is 6.42 Å². The molecular formula is C20H25F4N3O. The molecule has 0 bridgehead atoms.